The van der Waals surface area contributed by atoms with E-state index in [1.807, 2.05) is 0 Å². The van der Waals surface area contributed by atoms with Crippen LogP contribution in [-0.2, 0) is 6.54 Å². The Bertz CT molecular complexity index is 459. The summed E-state index contributed by atoms with van der Waals surface area (Å²) in [5.41, 5.74) is 2.73. The Balaban J connectivity index is 2.03. The number of nitrogens with one attached hydrogen (secondary N) is 1. The molecule has 1 aromatic carbocycles. The highest BCUT2D eigenvalue weighted by molar-refractivity contribution is 5.29. The van der Waals surface area contributed by atoms with E-state index in [0.29, 0.717) is 6.04 Å². The van der Waals surface area contributed by atoms with E-state index in [-0.39, 0.29) is 0 Å². The summed E-state index contributed by atoms with van der Waals surface area (Å²) in [6.07, 6.45) is 3.38. The zero-order chi connectivity index (χ0) is 10.8. The van der Waals surface area contributed by atoms with Crippen LogP contribution < -0.4 is 5.32 Å². The standard InChI is InChI=1S/C14H16N2/c1-2-6-12(7-3-1)14-13-8-4-10-16(13)11-5-9-15-14/h1-4,6-8,10,14-15H,5,9,11H2. The summed E-state index contributed by atoms with van der Waals surface area (Å²) < 4.78 is 2.36. The van der Waals surface area contributed by atoms with Crippen LogP contribution in [0, 0.1) is 0 Å². The van der Waals surface area contributed by atoms with Gasteiger partial charge in [-0.05, 0) is 30.7 Å². The fourth-order valence-corrected chi connectivity index (χ4v) is 2.43. The predicted octanol–water partition coefficient (Wildman–Crippen LogP) is 2.57. The lowest BCUT2D eigenvalue weighted by molar-refractivity contribution is 0.609. The Morgan fingerprint density at radius 2 is 1.94 bits per heavy atom. The van der Waals surface area contributed by atoms with E-state index in [2.05, 4.69) is 58.5 Å². The highest BCUT2D eigenvalue weighted by Crippen LogP contribution is 2.24. The Labute approximate surface area is 95.9 Å². The molecule has 0 saturated carbocycles. The molecule has 1 N–H and O–H groups in total. The lowest BCUT2D eigenvalue weighted by atomic mass is 10.0. The third kappa shape index (κ3) is 1.65. The van der Waals surface area contributed by atoms with Crippen molar-refractivity contribution in [2.24, 2.45) is 0 Å². The van der Waals surface area contributed by atoms with Gasteiger partial charge in [-0.3, -0.25) is 0 Å². The first-order valence-corrected chi connectivity index (χ1v) is 5.88. The van der Waals surface area contributed by atoms with E-state index in [1.54, 1.807) is 0 Å². The SMILES string of the molecule is c1ccc(C2NCCCn3cccc32)cc1. The maximum absolute atomic E-state index is 3.62. The second-order valence-corrected chi connectivity index (χ2v) is 4.28. The summed E-state index contributed by atoms with van der Waals surface area (Å²) in [6, 6.07) is 15.4. The van der Waals surface area contributed by atoms with Crippen LogP contribution in [-0.4, -0.2) is 11.1 Å². The number of benzene rings is 1. The van der Waals surface area contributed by atoms with E-state index < -0.39 is 0 Å². The smallest absolute Gasteiger partial charge is 0.0731 e. The topological polar surface area (TPSA) is 17.0 Å². The van der Waals surface area contributed by atoms with Gasteiger partial charge in [-0.25, -0.2) is 0 Å². The normalized spacial score (nSPS) is 20.1. The molecular weight excluding hydrogens is 196 g/mol. The van der Waals surface area contributed by atoms with Crippen molar-refractivity contribution in [2.45, 2.75) is 19.0 Å². The van der Waals surface area contributed by atoms with Crippen molar-refractivity contribution in [1.82, 2.24) is 9.88 Å². The summed E-state index contributed by atoms with van der Waals surface area (Å²) in [5, 5.41) is 3.62. The number of aromatic nitrogens is 1. The van der Waals surface area contributed by atoms with Gasteiger partial charge < -0.3 is 9.88 Å². The Kier molecular flexibility index (Phi) is 2.50. The van der Waals surface area contributed by atoms with E-state index >= 15 is 0 Å². The third-order valence-electron chi connectivity index (χ3n) is 3.22. The maximum atomic E-state index is 3.62. The molecule has 2 heterocycles. The summed E-state index contributed by atoms with van der Waals surface area (Å²) in [6.45, 7) is 2.21. The van der Waals surface area contributed by atoms with Gasteiger partial charge in [-0.2, -0.15) is 0 Å². The quantitative estimate of drug-likeness (QED) is 0.768. The van der Waals surface area contributed by atoms with Crippen LogP contribution in [0.4, 0.5) is 0 Å². The highest BCUT2D eigenvalue weighted by Gasteiger charge is 2.18. The van der Waals surface area contributed by atoms with E-state index in [9.17, 15) is 0 Å². The molecule has 0 fully saturated rings. The van der Waals surface area contributed by atoms with Gasteiger partial charge in [0, 0.05) is 18.4 Å². The van der Waals surface area contributed by atoms with Gasteiger partial charge >= 0.3 is 0 Å². The van der Waals surface area contributed by atoms with Crippen LogP contribution in [0.15, 0.2) is 48.7 Å². The summed E-state index contributed by atoms with van der Waals surface area (Å²) in [4.78, 5) is 0. The average molecular weight is 212 g/mol. The van der Waals surface area contributed by atoms with Gasteiger partial charge in [-0.15, -0.1) is 0 Å². The monoisotopic (exact) mass is 212 g/mol. The molecule has 1 aromatic heterocycles. The Morgan fingerprint density at radius 3 is 2.81 bits per heavy atom. The number of fused-ring (bicyclic) bond motifs is 1. The lowest BCUT2D eigenvalue weighted by Gasteiger charge is -2.17. The second-order valence-electron chi connectivity index (χ2n) is 4.28. The van der Waals surface area contributed by atoms with Crippen molar-refractivity contribution in [3.63, 3.8) is 0 Å². The van der Waals surface area contributed by atoms with Crippen LogP contribution in [0.1, 0.15) is 23.7 Å². The van der Waals surface area contributed by atoms with Crippen molar-refractivity contribution in [3.05, 3.63) is 59.9 Å². The van der Waals surface area contributed by atoms with E-state index in [0.717, 1.165) is 13.1 Å². The summed E-state index contributed by atoms with van der Waals surface area (Å²) in [7, 11) is 0. The highest BCUT2D eigenvalue weighted by atomic mass is 15.1. The molecule has 0 aliphatic carbocycles. The second kappa shape index (κ2) is 4.14. The van der Waals surface area contributed by atoms with Crippen LogP contribution in [0.3, 0.4) is 0 Å². The number of aryl methyl sites for hydroxylation is 1. The molecule has 2 nitrogen and oxygen atoms in total. The van der Waals surface area contributed by atoms with Gasteiger partial charge in [0.2, 0.25) is 0 Å². The first kappa shape index (κ1) is 9.67. The molecule has 1 unspecified atom stereocenters. The minimum Gasteiger partial charge on any atom is -0.350 e. The summed E-state index contributed by atoms with van der Waals surface area (Å²) >= 11 is 0. The molecule has 82 valence electrons. The first-order chi connectivity index (χ1) is 7.95. The Morgan fingerprint density at radius 1 is 1.06 bits per heavy atom. The summed E-state index contributed by atoms with van der Waals surface area (Å²) in [5.74, 6) is 0. The molecule has 1 atom stereocenters. The van der Waals surface area contributed by atoms with Gasteiger partial charge in [0.05, 0.1) is 6.04 Å². The molecule has 0 amide bonds. The Hall–Kier alpha value is -1.54. The number of hydrogen-bond donors (Lipinski definition) is 1. The fourth-order valence-electron chi connectivity index (χ4n) is 2.43. The van der Waals surface area contributed by atoms with Crippen molar-refractivity contribution < 1.29 is 0 Å². The van der Waals surface area contributed by atoms with Gasteiger partial charge in [-0.1, -0.05) is 30.3 Å². The average Bonchev–Trinajstić information content (AvgIpc) is 2.70. The maximum Gasteiger partial charge on any atom is 0.0731 e. The molecule has 2 heteroatoms. The van der Waals surface area contributed by atoms with Gasteiger partial charge in [0.1, 0.15) is 0 Å². The van der Waals surface area contributed by atoms with E-state index in [1.165, 1.54) is 17.7 Å². The largest absolute Gasteiger partial charge is 0.350 e. The molecule has 0 spiro atoms. The number of rotatable bonds is 1. The molecular formula is C14H16N2. The molecule has 1 aliphatic rings. The number of hydrogen-bond acceptors (Lipinski definition) is 1. The van der Waals surface area contributed by atoms with Crippen molar-refractivity contribution in [1.29, 1.82) is 0 Å². The van der Waals surface area contributed by atoms with Crippen LogP contribution in [0.25, 0.3) is 0 Å². The number of nitrogens with zero attached hydrogens (tertiary/aromatic N) is 1. The molecule has 0 radical (unpaired) electrons. The van der Waals surface area contributed by atoms with Crippen molar-refractivity contribution >= 4 is 0 Å². The molecule has 0 saturated heterocycles. The minimum atomic E-state index is 0.346. The van der Waals surface area contributed by atoms with Crippen LogP contribution in [0.5, 0.6) is 0 Å². The molecule has 0 bridgehead atoms. The lowest BCUT2D eigenvalue weighted by Crippen LogP contribution is -2.22. The van der Waals surface area contributed by atoms with Crippen molar-refractivity contribution in [3.8, 4) is 0 Å². The first-order valence-electron chi connectivity index (χ1n) is 5.88. The third-order valence-corrected chi connectivity index (χ3v) is 3.22. The molecule has 3 rings (SSSR count). The molecule has 16 heavy (non-hydrogen) atoms. The molecule has 1 aliphatic heterocycles. The van der Waals surface area contributed by atoms with Crippen LogP contribution in [0.2, 0.25) is 0 Å². The van der Waals surface area contributed by atoms with E-state index in [4.69, 9.17) is 0 Å². The minimum absolute atomic E-state index is 0.346. The predicted molar refractivity (Wildman–Crippen MR) is 65.3 cm³/mol. The van der Waals surface area contributed by atoms with Crippen molar-refractivity contribution in [2.75, 3.05) is 6.54 Å². The molecule has 2 aromatic rings. The zero-order valence-corrected chi connectivity index (χ0v) is 9.26. The zero-order valence-electron chi connectivity index (χ0n) is 9.26. The fraction of sp³-hybridized carbons (Fsp3) is 0.286. The van der Waals surface area contributed by atoms with Gasteiger partial charge in [0.25, 0.3) is 0 Å². The van der Waals surface area contributed by atoms with Gasteiger partial charge in [0.15, 0.2) is 0 Å². The van der Waals surface area contributed by atoms with Crippen LogP contribution >= 0.6 is 0 Å².